The summed E-state index contributed by atoms with van der Waals surface area (Å²) in [6.45, 7) is 1.41. The minimum absolute atomic E-state index is 0.0919. The second-order valence-electron chi connectivity index (χ2n) is 6.35. The fourth-order valence-electron chi connectivity index (χ4n) is 3.48. The molecule has 3 fully saturated rings. The van der Waals surface area contributed by atoms with E-state index in [-0.39, 0.29) is 18.5 Å². The van der Waals surface area contributed by atoms with E-state index >= 15 is 0 Å². The van der Waals surface area contributed by atoms with Gasteiger partial charge in [-0.15, -0.1) is 13.2 Å². The van der Waals surface area contributed by atoms with Gasteiger partial charge in [0.25, 0.3) is 0 Å². The predicted octanol–water partition coefficient (Wildman–Crippen LogP) is 2.30. The maximum absolute atomic E-state index is 12.9. The van der Waals surface area contributed by atoms with Gasteiger partial charge in [0.15, 0.2) is 0 Å². The second-order valence-corrected chi connectivity index (χ2v) is 8.26. The molecule has 0 unspecified atom stereocenters. The first-order valence-electron chi connectivity index (χ1n) is 7.72. The molecule has 5 nitrogen and oxygen atoms in total. The number of halogens is 3. The highest BCUT2D eigenvalue weighted by atomic mass is 32.2. The summed E-state index contributed by atoms with van der Waals surface area (Å²) in [4.78, 5) is 1.69. The van der Waals surface area contributed by atoms with Gasteiger partial charge in [-0.2, -0.15) is 4.31 Å². The van der Waals surface area contributed by atoms with Gasteiger partial charge in [0.1, 0.15) is 10.6 Å². The smallest absolute Gasteiger partial charge is 0.404 e. The lowest BCUT2D eigenvalue weighted by atomic mass is 9.96. The van der Waals surface area contributed by atoms with Crippen molar-refractivity contribution < 1.29 is 26.3 Å². The summed E-state index contributed by atoms with van der Waals surface area (Å²) in [6, 6.07) is 5.00. The molecule has 0 amide bonds. The summed E-state index contributed by atoms with van der Waals surface area (Å²) < 4.78 is 68.8. The maximum Gasteiger partial charge on any atom is 0.573 e. The molecular formula is C15H19F3N2O3S. The lowest BCUT2D eigenvalue weighted by molar-refractivity contribution is -0.275. The van der Waals surface area contributed by atoms with Crippen LogP contribution < -0.4 is 4.74 Å². The normalized spacial score (nSPS) is 26.3. The molecule has 0 spiro atoms. The Morgan fingerprint density at radius 1 is 1.12 bits per heavy atom. The number of likely N-dealkylation sites (N-methyl/N-ethyl adjacent to an activating group) is 1. The highest BCUT2D eigenvalue weighted by Crippen LogP contribution is 2.34. The van der Waals surface area contributed by atoms with Crippen molar-refractivity contribution in [2.24, 2.45) is 5.92 Å². The van der Waals surface area contributed by atoms with Crippen molar-refractivity contribution in [3.8, 4) is 5.75 Å². The molecule has 134 valence electrons. The molecule has 3 heterocycles. The first-order valence-corrected chi connectivity index (χ1v) is 9.16. The van der Waals surface area contributed by atoms with E-state index in [1.54, 1.807) is 0 Å². The SMILES string of the molecule is CN1C[C@@H]2CC[C@H]1CN(S(=O)(=O)c1ccccc1OC(F)(F)F)C2. The average molecular weight is 364 g/mol. The first-order chi connectivity index (χ1) is 11.2. The number of nitrogens with zero attached hydrogens (tertiary/aromatic N) is 2. The molecule has 0 saturated carbocycles. The molecule has 4 rings (SSSR count). The van der Waals surface area contributed by atoms with E-state index in [0.717, 1.165) is 31.5 Å². The molecule has 3 aliphatic rings. The van der Waals surface area contributed by atoms with Crippen LogP contribution in [0.4, 0.5) is 13.2 Å². The van der Waals surface area contributed by atoms with E-state index in [2.05, 4.69) is 9.64 Å². The lowest BCUT2D eigenvalue weighted by Gasteiger charge is -2.32. The van der Waals surface area contributed by atoms with Gasteiger partial charge in [-0.25, -0.2) is 8.42 Å². The number of sulfonamides is 1. The monoisotopic (exact) mass is 364 g/mol. The molecule has 0 N–H and O–H groups in total. The Bertz CT molecular complexity index is 708. The Morgan fingerprint density at radius 3 is 2.50 bits per heavy atom. The average Bonchev–Trinajstić information content (AvgIpc) is 2.77. The van der Waals surface area contributed by atoms with Gasteiger partial charge >= 0.3 is 6.36 Å². The fourth-order valence-corrected chi connectivity index (χ4v) is 5.15. The molecule has 3 saturated heterocycles. The summed E-state index contributed by atoms with van der Waals surface area (Å²) in [5, 5.41) is 0. The first kappa shape index (κ1) is 17.5. The van der Waals surface area contributed by atoms with E-state index in [9.17, 15) is 21.6 Å². The minimum Gasteiger partial charge on any atom is -0.404 e. The van der Waals surface area contributed by atoms with Crippen LogP contribution in [0.2, 0.25) is 0 Å². The summed E-state index contributed by atoms with van der Waals surface area (Å²) in [6.07, 6.45) is -3.11. The van der Waals surface area contributed by atoms with Crippen molar-refractivity contribution in [3.63, 3.8) is 0 Å². The molecule has 2 atom stereocenters. The standard InChI is InChI=1S/C15H19F3N2O3S/c1-19-8-11-6-7-12(19)10-20(9-11)24(21,22)14-5-3-2-4-13(14)23-15(16,17)18/h2-5,11-12H,6-10H2,1H3/t11-,12-/m0/s1. The molecule has 1 aromatic rings. The largest absolute Gasteiger partial charge is 0.573 e. The predicted molar refractivity (Wildman–Crippen MR) is 81.0 cm³/mol. The Labute approximate surface area is 139 Å². The van der Waals surface area contributed by atoms with Gasteiger partial charge in [-0.05, 0) is 37.9 Å². The number of fused-ring (bicyclic) bond motifs is 4. The number of benzene rings is 1. The zero-order chi connectivity index (χ0) is 17.5. The summed E-state index contributed by atoms with van der Waals surface area (Å²) in [7, 11) is -2.10. The lowest BCUT2D eigenvalue weighted by Crippen LogP contribution is -2.42. The summed E-state index contributed by atoms with van der Waals surface area (Å²) >= 11 is 0. The van der Waals surface area contributed by atoms with Crippen molar-refractivity contribution in [2.45, 2.75) is 30.1 Å². The van der Waals surface area contributed by atoms with E-state index in [0.29, 0.717) is 6.54 Å². The van der Waals surface area contributed by atoms with E-state index in [1.165, 1.54) is 16.4 Å². The van der Waals surface area contributed by atoms with Crippen molar-refractivity contribution >= 4 is 10.0 Å². The molecule has 1 aromatic carbocycles. The van der Waals surface area contributed by atoms with Crippen LogP contribution in [0.15, 0.2) is 29.2 Å². The number of hydrogen-bond donors (Lipinski definition) is 0. The number of para-hydroxylation sites is 1. The molecule has 9 heteroatoms. The molecular weight excluding hydrogens is 345 g/mol. The fraction of sp³-hybridized carbons (Fsp3) is 0.600. The van der Waals surface area contributed by atoms with Crippen molar-refractivity contribution in [3.05, 3.63) is 24.3 Å². The van der Waals surface area contributed by atoms with Crippen LogP contribution >= 0.6 is 0 Å². The van der Waals surface area contributed by atoms with Crippen LogP contribution in [0.3, 0.4) is 0 Å². The molecule has 0 radical (unpaired) electrons. The van der Waals surface area contributed by atoms with Gasteiger partial charge in [0.05, 0.1) is 0 Å². The van der Waals surface area contributed by atoms with E-state index in [4.69, 9.17) is 0 Å². The van der Waals surface area contributed by atoms with Crippen LogP contribution in [0, 0.1) is 5.92 Å². The van der Waals surface area contributed by atoms with Gasteiger partial charge in [0.2, 0.25) is 10.0 Å². The van der Waals surface area contributed by atoms with Gasteiger partial charge in [0, 0.05) is 25.7 Å². The highest BCUT2D eigenvalue weighted by molar-refractivity contribution is 7.89. The number of alkyl halides is 3. The summed E-state index contributed by atoms with van der Waals surface area (Å²) in [5.41, 5.74) is 0. The van der Waals surface area contributed by atoms with Crippen LogP contribution in [-0.4, -0.2) is 56.7 Å². The topological polar surface area (TPSA) is 49.9 Å². The minimum atomic E-state index is -4.94. The van der Waals surface area contributed by atoms with Crippen molar-refractivity contribution in [2.75, 3.05) is 26.7 Å². The number of hydrogen-bond acceptors (Lipinski definition) is 4. The number of rotatable bonds is 3. The number of piperidine rings is 1. The van der Waals surface area contributed by atoms with Gasteiger partial charge in [-0.1, -0.05) is 12.1 Å². The molecule has 0 aliphatic carbocycles. The van der Waals surface area contributed by atoms with Crippen LogP contribution in [0.5, 0.6) is 5.75 Å². The zero-order valence-electron chi connectivity index (χ0n) is 13.2. The Balaban J connectivity index is 1.94. The van der Waals surface area contributed by atoms with E-state index in [1.807, 2.05) is 7.05 Å². The quantitative estimate of drug-likeness (QED) is 0.826. The Morgan fingerprint density at radius 2 is 1.83 bits per heavy atom. The molecule has 3 aliphatic heterocycles. The third-order valence-corrected chi connectivity index (χ3v) is 6.52. The molecule has 0 aromatic heterocycles. The van der Waals surface area contributed by atoms with Crippen molar-refractivity contribution in [1.82, 2.24) is 9.21 Å². The second kappa shape index (κ2) is 6.20. The van der Waals surface area contributed by atoms with Gasteiger partial charge in [-0.3, -0.25) is 0 Å². The van der Waals surface area contributed by atoms with Gasteiger partial charge < -0.3 is 9.64 Å². The third kappa shape index (κ3) is 3.52. The van der Waals surface area contributed by atoms with Crippen molar-refractivity contribution in [1.29, 1.82) is 0 Å². The number of ether oxygens (including phenoxy) is 1. The maximum atomic E-state index is 12.9. The Kier molecular flexibility index (Phi) is 4.52. The highest BCUT2D eigenvalue weighted by Gasteiger charge is 2.40. The molecule has 24 heavy (non-hydrogen) atoms. The molecule has 2 bridgehead atoms. The van der Waals surface area contributed by atoms with Crippen LogP contribution in [-0.2, 0) is 10.0 Å². The van der Waals surface area contributed by atoms with E-state index < -0.39 is 27.0 Å². The Hall–Kier alpha value is -1.32. The third-order valence-electron chi connectivity index (χ3n) is 4.65. The summed E-state index contributed by atoms with van der Waals surface area (Å²) in [5.74, 6) is -0.492. The van der Waals surface area contributed by atoms with Crippen LogP contribution in [0.1, 0.15) is 12.8 Å². The zero-order valence-corrected chi connectivity index (χ0v) is 14.0. The van der Waals surface area contributed by atoms with Crippen LogP contribution in [0.25, 0.3) is 0 Å².